The van der Waals surface area contributed by atoms with E-state index in [-0.39, 0.29) is 17.7 Å². The van der Waals surface area contributed by atoms with Crippen LogP contribution in [0.2, 0.25) is 0 Å². The molecule has 0 saturated heterocycles. The van der Waals surface area contributed by atoms with Crippen molar-refractivity contribution in [3.05, 3.63) is 65.2 Å². The van der Waals surface area contributed by atoms with E-state index >= 15 is 0 Å². The summed E-state index contributed by atoms with van der Waals surface area (Å²) in [5.74, 6) is -0.0640. The van der Waals surface area contributed by atoms with Crippen LogP contribution in [-0.2, 0) is 11.3 Å². The summed E-state index contributed by atoms with van der Waals surface area (Å²) in [5.41, 5.74) is 2.64. The predicted octanol–water partition coefficient (Wildman–Crippen LogP) is 2.84. The fourth-order valence-corrected chi connectivity index (χ4v) is 2.31. The molecule has 0 aliphatic heterocycles. The van der Waals surface area contributed by atoms with Gasteiger partial charge in [-0.2, -0.15) is 5.26 Å². The fourth-order valence-electron chi connectivity index (χ4n) is 2.31. The highest BCUT2D eigenvalue weighted by Crippen LogP contribution is 2.30. The third kappa shape index (κ3) is 3.99. The first-order valence-electron chi connectivity index (χ1n) is 7.84. The first-order chi connectivity index (χ1) is 11.7. The molecule has 1 aliphatic carbocycles. The van der Waals surface area contributed by atoms with Gasteiger partial charge in [0.15, 0.2) is 0 Å². The first-order valence-corrected chi connectivity index (χ1v) is 7.84. The van der Waals surface area contributed by atoms with Gasteiger partial charge in [0.1, 0.15) is 0 Å². The zero-order valence-corrected chi connectivity index (χ0v) is 13.1. The molecule has 0 aromatic heterocycles. The normalized spacial score (nSPS) is 13.0. The Hall–Kier alpha value is -3.13. The lowest BCUT2D eigenvalue weighted by Crippen LogP contribution is -2.23. The molecule has 2 aromatic carbocycles. The van der Waals surface area contributed by atoms with Crippen LogP contribution in [0.4, 0.5) is 5.69 Å². The third-order valence-corrected chi connectivity index (χ3v) is 3.88. The van der Waals surface area contributed by atoms with E-state index in [1.165, 1.54) is 0 Å². The molecule has 120 valence electrons. The molecule has 5 nitrogen and oxygen atoms in total. The van der Waals surface area contributed by atoms with Crippen molar-refractivity contribution in [1.82, 2.24) is 5.32 Å². The van der Waals surface area contributed by atoms with E-state index in [1.807, 2.05) is 12.1 Å². The average molecular weight is 319 g/mol. The van der Waals surface area contributed by atoms with E-state index in [2.05, 4.69) is 16.7 Å². The molecule has 3 rings (SSSR count). The van der Waals surface area contributed by atoms with Gasteiger partial charge in [-0.05, 0) is 48.7 Å². The lowest BCUT2D eigenvalue weighted by Gasteiger charge is -2.08. The van der Waals surface area contributed by atoms with Crippen LogP contribution in [0.3, 0.4) is 0 Å². The molecule has 0 heterocycles. The molecule has 24 heavy (non-hydrogen) atoms. The van der Waals surface area contributed by atoms with Crippen LogP contribution in [0.15, 0.2) is 48.5 Å². The van der Waals surface area contributed by atoms with Crippen LogP contribution in [0.5, 0.6) is 0 Å². The SMILES string of the molecule is N#Cc1ccc(CNC(=O)c2cccc(NC(=O)C3CC3)c2)cc1. The summed E-state index contributed by atoms with van der Waals surface area (Å²) in [6.45, 7) is 0.378. The number of hydrogen-bond donors (Lipinski definition) is 2. The fraction of sp³-hybridized carbons (Fsp3) is 0.211. The van der Waals surface area contributed by atoms with Crippen molar-refractivity contribution < 1.29 is 9.59 Å². The van der Waals surface area contributed by atoms with Gasteiger partial charge < -0.3 is 10.6 Å². The highest BCUT2D eigenvalue weighted by molar-refractivity contribution is 5.98. The molecule has 0 atom stereocenters. The van der Waals surface area contributed by atoms with Crippen molar-refractivity contribution in [2.24, 2.45) is 5.92 Å². The van der Waals surface area contributed by atoms with Crippen molar-refractivity contribution in [3.63, 3.8) is 0 Å². The first kappa shape index (κ1) is 15.8. The van der Waals surface area contributed by atoms with Crippen molar-refractivity contribution in [3.8, 4) is 6.07 Å². The van der Waals surface area contributed by atoms with E-state index in [9.17, 15) is 9.59 Å². The number of rotatable bonds is 5. The topological polar surface area (TPSA) is 82.0 Å². The molecule has 1 fully saturated rings. The highest BCUT2D eigenvalue weighted by Gasteiger charge is 2.29. The van der Waals surface area contributed by atoms with Crippen molar-refractivity contribution in [1.29, 1.82) is 5.26 Å². The largest absolute Gasteiger partial charge is 0.348 e. The van der Waals surface area contributed by atoms with Crippen LogP contribution in [0.1, 0.15) is 34.3 Å². The molecule has 0 unspecified atom stereocenters. The number of benzene rings is 2. The van der Waals surface area contributed by atoms with Crippen LogP contribution < -0.4 is 10.6 Å². The van der Waals surface area contributed by atoms with E-state index < -0.39 is 0 Å². The zero-order valence-electron chi connectivity index (χ0n) is 13.1. The molecular weight excluding hydrogens is 302 g/mol. The number of nitrogens with zero attached hydrogens (tertiary/aromatic N) is 1. The predicted molar refractivity (Wildman–Crippen MR) is 90.1 cm³/mol. The lowest BCUT2D eigenvalue weighted by molar-refractivity contribution is -0.117. The smallest absolute Gasteiger partial charge is 0.251 e. The summed E-state index contributed by atoms with van der Waals surface area (Å²) in [6, 6.07) is 16.0. The highest BCUT2D eigenvalue weighted by atomic mass is 16.2. The van der Waals surface area contributed by atoms with Gasteiger partial charge in [0, 0.05) is 23.7 Å². The van der Waals surface area contributed by atoms with Gasteiger partial charge in [-0.1, -0.05) is 18.2 Å². The standard InChI is InChI=1S/C19H17N3O2/c20-11-13-4-6-14(7-5-13)12-21-18(23)16-2-1-3-17(10-16)22-19(24)15-8-9-15/h1-7,10,15H,8-9,12H2,(H,21,23)(H,22,24). The van der Waals surface area contributed by atoms with Gasteiger partial charge in [0.05, 0.1) is 11.6 Å². The molecule has 5 heteroatoms. The Bertz CT molecular complexity index is 802. The number of amides is 2. The van der Waals surface area contributed by atoms with Crippen LogP contribution >= 0.6 is 0 Å². The van der Waals surface area contributed by atoms with Crippen LogP contribution in [0, 0.1) is 17.2 Å². The Morgan fingerprint density at radius 1 is 1.12 bits per heavy atom. The molecule has 1 saturated carbocycles. The van der Waals surface area contributed by atoms with E-state index in [0.717, 1.165) is 18.4 Å². The number of nitrogens with one attached hydrogen (secondary N) is 2. The third-order valence-electron chi connectivity index (χ3n) is 3.88. The van der Waals surface area contributed by atoms with Gasteiger partial charge >= 0.3 is 0 Å². The van der Waals surface area contributed by atoms with Crippen molar-refractivity contribution >= 4 is 17.5 Å². The number of anilines is 1. The quantitative estimate of drug-likeness (QED) is 0.889. The minimum Gasteiger partial charge on any atom is -0.348 e. The maximum absolute atomic E-state index is 12.2. The molecule has 0 spiro atoms. The monoisotopic (exact) mass is 319 g/mol. The molecule has 0 radical (unpaired) electrons. The Kier molecular flexibility index (Phi) is 4.57. The summed E-state index contributed by atoms with van der Waals surface area (Å²) in [5, 5.41) is 14.4. The molecular formula is C19H17N3O2. The lowest BCUT2D eigenvalue weighted by atomic mass is 10.1. The van der Waals surface area contributed by atoms with Gasteiger partial charge in [-0.25, -0.2) is 0 Å². The second-order valence-electron chi connectivity index (χ2n) is 5.84. The summed E-state index contributed by atoms with van der Waals surface area (Å²) < 4.78 is 0. The summed E-state index contributed by atoms with van der Waals surface area (Å²) >= 11 is 0. The Balaban J connectivity index is 1.59. The number of carbonyl (C=O) groups is 2. The van der Waals surface area contributed by atoms with Crippen LogP contribution in [0.25, 0.3) is 0 Å². The Morgan fingerprint density at radius 3 is 2.54 bits per heavy atom. The van der Waals surface area contributed by atoms with Gasteiger partial charge in [0.25, 0.3) is 5.91 Å². The van der Waals surface area contributed by atoms with E-state index in [1.54, 1.807) is 36.4 Å². The van der Waals surface area contributed by atoms with Crippen LogP contribution in [-0.4, -0.2) is 11.8 Å². The Morgan fingerprint density at radius 2 is 1.88 bits per heavy atom. The second-order valence-corrected chi connectivity index (χ2v) is 5.84. The molecule has 0 bridgehead atoms. The minimum atomic E-state index is -0.207. The molecule has 2 aromatic rings. The number of hydrogen-bond acceptors (Lipinski definition) is 3. The number of carbonyl (C=O) groups excluding carboxylic acids is 2. The number of nitriles is 1. The van der Waals surface area contributed by atoms with E-state index in [0.29, 0.717) is 23.4 Å². The maximum atomic E-state index is 12.2. The van der Waals surface area contributed by atoms with E-state index in [4.69, 9.17) is 5.26 Å². The van der Waals surface area contributed by atoms with Gasteiger partial charge in [0.2, 0.25) is 5.91 Å². The second kappa shape index (κ2) is 6.97. The summed E-state index contributed by atoms with van der Waals surface area (Å²) in [4.78, 5) is 24.0. The zero-order chi connectivity index (χ0) is 16.9. The Labute approximate surface area is 140 Å². The summed E-state index contributed by atoms with van der Waals surface area (Å²) in [7, 11) is 0. The van der Waals surface area contributed by atoms with Crippen molar-refractivity contribution in [2.75, 3.05) is 5.32 Å². The molecule has 2 N–H and O–H groups in total. The molecule has 2 amide bonds. The average Bonchev–Trinajstić information content (AvgIpc) is 3.45. The maximum Gasteiger partial charge on any atom is 0.251 e. The minimum absolute atomic E-state index is 0.0186. The molecule has 1 aliphatic rings. The van der Waals surface area contributed by atoms with Gasteiger partial charge in [-0.3, -0.25) is 9.59 Å². The summed E-state index contributed by atoms with van der Waals surface area (Å²) in [6.07, 6.45) is 1.88. The van der Waals surface area contributed by atoms with Crippen molar-refractivity contribution in [2.45, 2.75) is 19.4 Å². The van der Waals surface area contributed by atoms with Gasteiger partial charge in [-0.15, -0.1) is 0 Å².